The summed E-state index contributed by atoms with van der Waals surface area (Å²) in [5.41, 5.74) is 6.67. The topological polar surface area (TPSA) is 113 Å². The number of sulfonamides is 1. The molecule has 2 N–H and O–H groups in total. The zero-order valence-corrected chi connectivity index (χ0v) is 17.9. The third kappa shape index (κ3) is 4.30. The summed E-state index contributed by atoms with van der Waals surface area (Å²) < 4.78 is 28.4. The van der Waals surface area contributed by atoms with Gasteiger partial charge in [-0.2, -0.15) is 4.31 Å². The number of fused-ring (bicyclic) bond motifs is 1. The third-order valence-corrected chi connectivity index (χ3v) is 7.25. The Morgan fingerprint density at radius 3 is 2.35 bits per heavy atom. The normalized spacial score (nSPS) is 14.6. The molecular formula is C21H23N5O4S. The number of hydrogen-bond donors (Lipinski definition) is 2. The molecule has 10 heteroatoms. The summed E-state index contributed by atoms with van der Waals surface area (Å²) in [5, 5.41) is 0. The first kappa shape index (κ1) is 21.0. The highest BCUT2D eigenvalue weighted by molar-refractivity contribution is 7.89. The van der Waals surface area contributed by atoms with Crippen LogP contribution in [0.3, 0.4) is 0 Å². The van der Waals surface area contributed by atoms with Crippen LogP contribution in [-0.2, 0) is 28.3 Å². The zero-order chi connectivity index (χ0) is 22.0. The largest absolute Gasteiger partial charge is 0.331 e. The molecule has 1 fully saturated rings. The molecule has 0 bridgehead atoms. The van der Waals surface area contributed by atoms with Gasteiger partial charge in [0.05, 0.1) is 22.3 Å². The molecule has 162 valence electrons. The van der Waals surface area contributed by atoms with E-state index in [1.807, 2.05) is 35.9 Å². The van der Waals surface area contributed by atoms with Crippen molar-refractivity contribution in [3.05, 3.63) is 59.9 Å². The monoisotopic (exact) mass is 441 g/mol. The lowest BCUT2D eigenvalue weighted by Crippen LogP contribution is -2.42. The van der Waals surface area contributed by atoms with Gasteiger partial charge in [0.25, 0.3) is 5.91 Å². The van der Waals surface area contributed by atoms with Gasteiger partial charge >= 0.3 is 0 Å². The molecule has 1 aliphatic heterocycles. The molecule has 2 aromatic carbocycles. The molecule has 1 saturated heterocycles. The van der Waals surface area contributed by atoms with E-state index in [9.17, 15) is 18.0 Å². The van der Waals surface area contributed by atoms with E-state index in [1.165, 1.54) is 28.6 Å². The van der Waals surface area contributed by atoms with Gasteiger partial charge in [-0.3, -0.25) is 20.4 Å². The van der Waals surface area contributed by atoms with Crippen molar-refractivity contribution in [1.82, 2.24) is 24.7 Å². The quantitative estimate of drug-likeness (QED) is 0.581. The fourth-order valence-electron chi connectivity index (χ4n) is 3.60. The number of amides is 2. The summed E-state index contributed by atoms with van der Waals surface area (Å²) in [6, 6.07) is 13.2. The fourth-order valence-corrected chi connectivity index (χ4v) is 5.11. The van der Waals surface area contributed by atoms with Gasteiger partial charge in [-0.15, -0.1) is 0 Å². The average molecular weight is 442 g/mol. The molecule has 4 rings (SSSR count). The van der Waals surface area contributed by atoms with Crippen molar-refractivity contribution < 1.29 is 18.0 Å². The number of para-hydroxylation sites is 2. The highest BCUT2D eigenvalue weighted by atomic mass is 32.2. The van der Waals surface area contributed by atoms with Crippen molar-refractivity contribution in [3.8, 4) is 0 Å². The van der Waals surface area contributed by atoms with Gasteiger partial charge in [-0.05, 0) is 49.2 Å². The van der Waals surface area contributed by atoms with Crippen LogP contribution in [0.2, 0.25) is 0 Å². The highest BCUT2D eigenvalue weighted by Gasteiger charge is 2.27. The molecule has 0 atom stereocenters. The van der Waals surface area contributed by atoms with Gasteiger partial charge in [0.15, 0.2) is 0 Å². The van der Waals surface area contributed by atoms with Gasteiger partial charge in [0, 0.05) is 25.7 Å². The number of hydrogen-bond acceptors (Lipinski definition) is 5. The summed E-state index contributed by atoms with van der Waals surface area (Å²) >= 11 is 0. The molecule has 2 heterocycles. The Hall–Kier alpha value is -3.24. The van der Waals surface area contributed by atoms with Crippen LogP contribution in [0.4, 0.5) is 0 Å². The van der Waals surface area contributed by atoms with Crippen LogP contribution in [0.15, 0.2) is 53.4 Å². The summed E-state index contributed by atoms with van der Waals surface area (Å²) in [7, 11) is -1.71. The lowest BCUT2D eigenvalue weighted by atomic mass is 10.2. The van der Waals surface area contributed by atoms with Crippen molar-refractivity contribution in [2.75, 3.05) is 13.1 Å². The second kappa shape index (κ2) is 8.48. The molecule has 0 aliphatic carbocycles. The van der Waals surface area contributed by atoms with E-state index in [1.54, 1.807) is 0 Å². The van der Waals surface area contributed by atoms with E-state index < -0.39 is 21.8 Å². The fraction of sp³-hybridized carbons (Fsp3) is 0.286. The van der Waals surface area contributed by atoms with Crippen LogP contribution in [0.25, 0.3) is 11.0 Å². The number of nitrogens with one attached hydrogen (secondary N) is 2. The molecule has 1 aromatic heterocycles. The van der Waals surface area contributed by atoms with E-state index in [0.717, 1.165) is 23.9 Å². The highest BCUT2D eigenvalue weighted by Crippen LogP contribution is 2.21. The Morgan fingerprint density at radius 2 is 1.68 bits per heavy atom. The molecular weight excluding hydrogens is 418 g/mol. The summed E-state index contributed by atoms with van der Waals surface area (Å²) in [5.74, 6) is -0.382. The van der Waals surface area contributed by atoms with Crippen molar-refractivity contribution >= 4 is 32.9 Å². The minimum Gasteiger partial charge on any atom is -0.331 e. The predicted molar refractivity (Wildman–Crippen MR) is 114 cm³/mol. The molecule has 31 heavy (non-hydrogen) atoms. The Morgan fingerprint density at radius 1 is 1.00 bits per heavy atom. The van der Waals surface area contributed by atoms with Gasteiger partial charge < -0.3 is 4.57 Å². The first-order valence-corrected chi connectivity index (χ1v) is 11.4. The minimum absolute atomic E-state index is 0.00151. The van der Waals surface area contributed by atoms with E-state index in [2.05, 4.69) is 15.8 Å². The van der Waals surface area contributed by atoms with Gasteiger partial charge in [-0.25, -0.2) is 13.4 Å². The number of rotatable bonds is 5. The smallest absolute Gasteiger partial charge is 0.269 e. The standard InChI is InChI=1S/C21H23N5O4S/c1-25-18-7-3-2-6-17(18)22-19(25)14-20(27)23-24-21(28)15-8-10-16(11-9-15)31(29,30)26-12-4-5-13-26/h2-3,6-11H,4-5,12-14H2,1H3,(H,23,27)(H,24,28). The number of carbonyl (C=O) groups is 2. The SMILES string of the molecule is Cn1c(CC(=O)NNC(=O)c2ccc(S(=O)(=O)N3CCCC3)cc2)nc2ccccc21. The number of aryl methyl sites for hydroxylation is 1. The lowest BCUT2D eigenvalue weighted by Gasteiger charge is -2.15. The number of aromatic nitrogens is 2. The molecule has 0 spiro atoms. The molecule has 0 radical (unpaired) electrons. The third-order valence-electron chi connectivity index (χ3n) is 5.33. The number of hydrazine groups is 1. The van der Waals surface area contributed by atoms with Crippen LogP contribution in [-0.4, -0.2) is 47.2 Å². The van der Waals surface area contributed by atoms with Crippen LogP contribution in [0, 0.1) is 0 Å². The number of benzene rings is 2. The van der Waals surface area contributed by atoms with Crippen molar-refractivity contribution in [3.63, 3.8) is 0 Å². The lowest BCUT2D eigenvalue weighted by molar-refractivity contribution is -0.121. The summed E-state index contributed by atoms with van der Waals surface area (Å²) in [4.78, 5) is 29.1. The van der Waals surface area contributed by atoms with Gasteiger partial charge in [0.1, 0.15) is 5.82 Å². The van der Waals surface area contributed by atoms with Crippen molar-refractivity contribution in [2.45, 2.75) is 24.2 Å². The molecule has 0 saturated carbocycles. The molecule has 0 unspecified atom stereocenters. The molecule has 1 aliphatic rings. The molecule has 3 aromatic rings. The van der Waals surface area contributed by atoms with Crippen molar-refractivity contribution in [1.29, 1.82) is 0 Å². The van der Waals surface area contributed by atoms with E-state index in [4.69, 9.17) is 0 Å². The summed E-state index contributed by atoms with van der Waals surface area (Å²) in [6.45, 7) is 1.03. The van der Waals surface area contributed by atoms with E-state index in [0.29, 0.717) is 18.9 Å². The predicted octanol–water partition coefficient (Wildman–Crippen LogP) is 1.36. The second-order valence-electron chi connectivity index (χ2n) is 7.39. The van der Waals surface area contributed by atoms with Crippen LogP contribution in [0.1, 0.15) is 29.0 Å². The van der Waals surface area contributed by atoms with E-state index >= 15 is 0 Å². The number of nitrogens with zero attached hydrogens (tertiary/aromatic N) is 3. The first-order valence-electron chi connectivity index (χ1n) is 9.96. The van der Waals surface area contributed by atoms with Gasteiger partial charge in [0.2, 0.25) is 15.9 Å². The zero-order valence-electron chi connectivity index (χ0n) is 17.0. The maximum absolute atomic E-state index is 12.6. The Bertz CT molecular complexity index is 1230. The van der Waals surface area contributed by atoms with Crippen LogP contribution >= 0.6 is 0 Å². The van der Waals surface area contributed by atoms with Crippen LogP contribution in [0.5, 0.6) is 0 Å². The number of imidazole rings is 1. The average Bonchev–Trinajstić information content (AvgIpc) is 3.42. The second-order valence-corrected chi connectivity index (χ2v) is 9.33. The Balaban J connectivity index is 1.36. The Kier molecular flexibility index (Phi) is 5.75. The van der Waals surface area contributed by atoms with Crippen molar-refractivity contribution in [2.24, 2.45) is 7.05 Å². The summed E-state index contributed by atoms with van der Waals surface area (Å²) in [6.07, 6.45) is 1.71. The Labute approximate surface area is 180 Å². The van der Waals surface area contributed by atoms with E-state index in [-0.39, 0.29) is 16.9 Å². The van der Waals surface area contributed by atoms with Crippen LogP contribution < -0.4 is 10.9 Å². The minimum atomic E-state index is -3.53. The maximum Gasteiger partial charge on any atom is 0.269 e. The molecule has 2 amide bonds. The molecule has 9 nitrogen and oxygen atoms in total. The van der Waals surface area contributed by atoms with Gasteiger partial charge in [-0.1, -0.05) is 12.1 Å². The maximum atomic E-state index is 12.6. The number of carbonyl (C=O) groups excluding carboxylic acids is 2. The first-order chi connectivity index (χ1) is 14.9.